The van der Waals surface area contributed by atoms with Crippen LogP contribution in [0, 0.1) is 0 Å². The molecule has 0 radical (unpaired) electrons. The van der Waals surface area contributed by atoms with E-state index in [4.69, 9.17) is 4.42 Å². The Kier molecular flexibility index (Phi) is 2.14. The fourth-order valence-corrected chi connectivity index (χ4v) is 2.11. The van der Waals surface area contributed by atoms with Crippen molar-refractivity contribution in [3.63, 3.8) is 0 Å². The number of furan rings is 1. The van der Waals surface area contributed by atoms with Crippen LogP contribution >= 0.6 is 0 Å². The van der Waals surface area contributed by atoms with Gasteiger partial charge in [-0.3, -0.25) is 0 Å². The van der Waals surface area contributed by atoms with Gasteiger partial charge in [0.15, 0.2) is 0 Å². The molecular formula is C10H15NO2. The molecule has 0 aromatic carbocycles. The van der Waals surface area contributed by atoms with Crippen molar-refractivity contribution in [3.8, 4) is 0 Å². The third-order valence-electron chi connectivity index (χ3n) is 3.17. The smallest absolute Gasteiger partial charge is 0.0940 e. The Morgan fingerprint density at radius 1 is 1.77 bits per heavy atom. The Labute approximate surface area is 77.8 Å². The van der Waals surface area contributed by atoms with E-state index in [1.807, 2.05) is 6.07 Å². The van der Waals surface area contributed by atoms with Gasteiger partial charge in [0.05, 0.1) is 19.1 Å². The lowest BCUT2D eigenvalue weighted by Gasteiger charge is -2.28. The summed E-state index contributed by atoms with van der Waals surface area (Å²) in [6.07, 6.45) is 4.51. The Morgan fingerprint density at radius 3 is 3.23 bits per heavy atom. The van der Waals surface area contributed by atoms with Gasteiger partial charge in [-0.2, -0.15) is 0 Å². The van der Waals surface area contributed by atoms with Crippen LogP contribution in [0.1, 0.15) is 18.9 Å². The van der Waals surface area contributed by atoms with Crippen LogP contribution in [0.15, 0.2) is 23.0 Å². The summed E-state index contributed by atoms with van der Waals surface area (Å²) in [5.74, 6) is 0. The molecule has 2 unspecified atom stereocenters. The summed E-state index contributed by atoms with van der Waals surface area (Å²) in [6, 6.07) is 2.14. The van der Waals surface area contributed by atoms with Crippen molar-refractivity contribution in [1.82, 2.24) is 5.32 Å². The van der Waals surface area contributed by atoms with Gasteiger partial charge in [0.25, 0.3) is 0 Å². The molecule has 1 aliphatic rings. The van der Waals surface area contributed by atoms with E-state index in [1.54, 1.807) is 12.5 Å². The summed E-state index contributed by atoms with van der Waals surface area (Å²) in [5.41, 5.74) is 1.21. The lowest BCUT2D eigenvalue weighted by atomic mass is 9.78. The third-order valence-corrected chi connectivity index (χ3v) is 3.17. The van der Waals surface area contributed by atoms with Crippen molar-refractivity contribution in [3.05, 3.63) is 24.2 Å². The van der Waals surface area contributed by atoms with Gasteiger partial charge in [0.2, 0.25) is 0 Å². The summed E-state index contributed by atoms with van der Waals surface area (Å²) in [7, 11) is 0. The molecule has 0 saturated carbocycles. The van der Waals surface area contributed by atoms with Gasteiger partial charge < -0.3 is 14.8 Å². The SMILES string of the molecule is CC1(c2ccoc2)CCNC1CO. The Bertz CT molecular complexity index is 270. The first-order chi connectivity index (χ1) is 6.27. The van der Waals surface area contributed by atoms with E-state index in [1.165, 1.54) is 5.56 Å². The monoisotopic (exact) mass is 181 g/mol. The molecule has 0 spiro atoms. The molecule has 1 fully saturated rings. The summed E-state index contributed by atoms with van der Waals surface area (Å²) in [5, 5.41) is 12.5. The number of hydrogen-bond acceptors (Lipinski definition) is 3. The van der Waals surface area contributed by atoms with Gasteiger partial charge >= 0.3 is 0 Å². The first-order valence-electron chi connectivity index (χ1n) is 4.64. The highest BCUT2D eigenvalue weighted by atomic mass is 16.3. The number of aliphatic hydroxyl groups is 1. The number of nitrogens with one attached hydrogen (secondary N) is 1. The Morgan fingerprint density at radius 2 is 2.62 bits per heavy atom. The molecule has 1 aliphatic heterocycles. The second-order valence-corrected chi connectivity index (χ2v) is 3.87. The van der Waals surface area contributed by atoms with E-state index < -0.39 is 0 Å². The average molecular weight is 181 g/mol. The Balaban J connectivity index is 2.29. The van der Waals surface area contributed by atoms with Crippen molar-refractivity contribution >= 4 is 0 Å². The van der Waals surface area contributed by atoms with Crippen LogP contribution < -0.4 is 5.32 Å². The van der Waals surface area contributed by atoms with Crippen LogP contribution in [0.25, 0.3) is 0 Å². The maximum absolute atomic E-state index is 9.21. The molecule has 13 heavy (non-hydrogen) atoms. The lowest BCUT2D eigenvalue weighted by Crippen LogP contribution is -2.40. The fourth-order valence-electron chi connectivity index (χ4n) is 2.11. The molecule has 2 atom stereocenters. The van der Waals surface area contributed by atoms with Crippen LogP contribution in [0.4, 0.5) is 0 Å². The van der Waals surface area contributed by atoms with E-state index in [-0.39, 0.29) is 18.1 Å². The van der Waals surface area contributed by atoms with Crippen LogP contribution in [-0.4, -0.2) is 24.3 Å². The minimum absolute atomic E-state index is 0.0295. The van der Waals surface area contributed by atoms with E-state index in [2.05, 4.69) is 12.2 Å². The molecule has 0 bridgehead atoms. The summed E-state index contributed by atoms with van der Waals surface area (Å²) in [6.45, 7) is 3.31. The normalized spacial score (nSPS) is 33.8. The molecule has 1 saturated heterocycles. The van der Waals surface area contributed by atoms with Gasteiger partial charge in [-0.25, -0.2) is 0 Å². The minimum Gasteiger partial charge on any atom is -0.472 e. The zero-order valence-electron chi connectivity index (χ0n) is 7.79. The first kappa shape index (κ1) is 8.78. The zero-order valence-corrected chi connectivity index (χ0v) is 7.79. The zero-order chi connectivity index (χ0) is 9.31. The third kappa shape index (κ3) is 1.28. The minimum atomic E-state index is 0.0295. The number of aliphatic hydroxyl groups excluding tert-OH is 1. The molecular weight excluding hydrogens is 166 g/mol. The highest BCUT2D eigenvalue weighted by Gasteiger charge is 2.40. The van der Waals surface area contributed by atoms with E-state index >= 15 is 0 Å². The molecule has 2 heterocycles. The van der Waals surface area contributed by atoms with Gasteiger partial charge in [0, 0.05) is 11.5 Å². The standard InChI is InChI=1S/C10H15NO2/c1-10(8-2-5-13-7-8)3-4-11-9(10)6-12/h2,5,7,9,11-12H,3-4,6H2,1H3. The molecule has 1 aromatic rings. The highest BCUT2D eigenvalue weighted by Crippen LogP contribution is 2.34. The van der Waals surface area contributed by atoms with Crippen LogP contribution in [0.2, 0.25) is 0 Å². The Hall–Kier alpha value is -0.800. The lowest BCUT2D eigenvalue weighted by molar-refractivity contribution is 0.215. The fraction of sp³-hybridized carbons (Fsp3) is 0.600. The predicted octanol–water partition coefficient (Wildman–Crippen LogP) is 0.891. The highest BCUT2D eigenvalue weighted by molar-refractivity contribution is 5.24. The van der Waals surface area contributed by atoms with Gasteiger partial charge in [-0.1, -0.05) is 6.92 Å². The quantitative estimate of drug-likeness (QED) is 0.712. The second kappa shape index (κ2) is 3.16. The molecule has 0 amide bonds. The summed E-state index contributed by atoms with van der Waals surface area (Å²) in [4.78, 5) is 0. The molecule has 0 aliphatic carbocycles. The second-order valence-electron chi connectivity index (χ2n) is 3.87. The van der Waals surface area contributed by atoms with Crippen LogP contribution in [0.3, 0.4) is 0 Å². The van der Waals surface area contributed by atoms with Gasteiger partial charge in [-0.05, 0) is 24.6 Å². The van der Waals surface area contributed by atoms with Gasteiger partial charge in [0.1, 0.15) is 0 Å². The summed E-state index contributed by atoms with van der Waals surface area (Å²) >= 11 is 0. The average Bonchev–Trinajstić information content (AvgIpc) is 2.72. The van der Waals surface area contributed by atoms with Crippen molar-refractivity contribution in [2.45, 2.75) is 24.8 Å². The number of hydrogen-bond donors (Lipinski definition) is 2. The van der Waals surface area contributed by atoms with Crippen molar-refractivity contribution in [2.24, 2.45) is 0 Å². The number of rotatable bonds is 2. The van der Waals surface area contributed by atoms with Crippen LogP contribution in [-0.2, 0) is 5.41 Å². The van der Waals surface area contributed by atoms with Gasteiger partial charge in [-0.15, -0.1) is 0 Å². The maximum Gasteiger partial charge on any atom is 0.0940 e. The molecule has 2 N–H and O–H groups in total. The van der Waals surface area contributed by atoms with Crippen LogP contribution in [0.5, 0.6) is 0 Å². The molecule has 1 aromatic heterocycles. The van der Waals surface area contributed by atoms with Crippen molar-refractivity contribution < 1.29 is 9.52 Å². The summed E-state index contributed by atoms with van der Waals surface area (Å²) < 4.78 is 5.08. The largest absolute Gasteiger partial charge is 0.472 e. The first-order valence-corrected chi connectivity index (χ1v) is 4.64. The molecule has 72 valence electrons. The maximum atomic E-state index is 9.21. The van der Waals surface area contributed by atoms with E-state index in [0.717, 1.165) is 13.0 Å². The van der Waals surface area contributed by atoms with E-state index in [0.29, 0.717) is 0 Å². The predicted molar refractivity (Wildman–Crippen MR) is 49.6 cm³/mol. The molecule has 3 heteroatoms. The van der Waals surface area contributed by atoms with Crippen molar-refractivity contribution in [2.75, 3.05) is 13.2 Å². The topological polar surface area (TPSA) is 45.4 Å². The van der Waals surface area contributed by atoms with E-state index in [9.17, 15) is 5.11 Å². The molecule has 2 rings (SSSR count). The van der Waals surface area contributed by atoms with Crippen molar-refractivity contribution in [1.29, 1.82) is 0 Å². The molecule has 3 nitrogen and oxygen atoms in total.